The highest BCUT2D eigenvalue weighted by Crippen LogP contribution is 2.21. The molecule has 2 aromatic heterocycles. The second-order valence-corrected chi connectivity index (χ2v) is 5.15. The van der Waals surface area contributed by atoms with Crippen LogP contribution in [0.2, 0.25) is 0 Å². The van der Waals surface area contributed by atoms with Crippen molar-refractivity contribution in [2.45, 2.75) is 18.9 Å². The van der Waals surface area contributed by atoms with E-state index in [0.717, 1.165) is 35.7 Å². The molecule has 2 N–H and O–H groups in total. The number of aromatic nitrogens is 2. The van der Waals surface area contributed by atoms with Crippen LogP contribution in [0.15, 0.2) is 36.7 Å². The summed E-state index contributed by atoms with van der Waals surface area (Å²) in [4.78, 5) is 8.75. The smallest absolute Gasteiger partial charge is 0.138 e. The Kier molecular flexibility index (Phi) is 4.43. The first kappa shape index (κ1) is 14.0. The molecule has 21 heavy (non-hydrogen) atoms. The van der Waals surface area contributed by atoms with Gasteiger partial charge in [-0.3, -0.25) is 9.97 Å². The van der Waals surface area contributed by atoms with Crippen LogP contribution < -0.4 is 10.1 Å². The van der Waals surface area contributed by atoms with Crippen molar-refractivity contribution in [3.05, 3.63) is 42.4 Å². The molecule has 0 bridgehead atoms. The molecule has 1 fully saturated rings. The molecule has 3 heterocycles. The zero-order valence-electron chi connectivity index (χ0n) is 11.8. The normalized spacial score (nSPS) is 17.3. The zero-order chi connectivity index (χ0) is 14.5. The summed E-state index contributed by atoms with van der Waals surface area (Å²) < 4.78 is 5.76. The van der Waals surface area contributed by atoms with Crippen LogP contribution in [0, 0.1) is 0 Å². The molecule has 110 valence electrons. The minimum atomic E-state index is 0.103. The molecule has 5 heteroatoms. The number of hydrogen-bond acceptors (Lipinski definition) is 5. The van der Waals surface area contributed by atoms with Gasteiger partial charge >= 0.3 is 0 Å². The Bertz CT molecular complexity index is 600. The minimum Gasteiger partial charge on any atom is -0.490 e. The average Bonchev–Trinajstić information content (AvgIpc) is 2.47. The van der Waals surface area contributed by atoms with Gasteiger partial charge in [-0.05, 0) is 31.2 Å². The molecule has 0 spiro atoms. The van der Waals surface area contributed by atoms with Crippen molar-refractivity contribution in [1.29, 1.82) is 0 Å². The van der Waals surface area contributed by atoms with Crippen LogP contribution in [-0.2, 0) is 6.42 Å². The van der Waals surface area contributed by atoms with Crippen molar-refractivity contribution >= 4 is 0 Å². The predicted molar refractivity (Wildman–Crippen MR) is 80.2 cm³/mol. The molecule has 0 aliphatic carbocycles. The van der Waals surface area contributed by atoms with E-state index in [0.29, 0.717) is 19.1 Å². The molecule has 0 saturated carbocycles. The Labute approximate surface area is 124 Å². The number of hydrogen-bond donors (Lipinski definition) is 2. The number of nitrogens with one attached hydrogen (secondary N) is 1. The lowest BCUT2D eigenvalue weighted by Crippen LogP contribution is -2.46. The molecule has 0 radical (unpaired) electrons. The van der Waals surface area contributed by atoms with Gasteiger partial charge in [-0.2, -0.15) is 0 Å². The third-order valence-corrected chi connectivity index (χ3v) is 3.56. The van der Waals surface area contributed by atoms with Crippen LogP contribution in [0.5, 0.6) is 5.75 Å². The van der Waals surface area contributed by atoms with E-state index in [-0.39, 0.29) is 6.61 Å². The van der Waals surface area contributed by atoms with Gasteiger partial charge < -0.3 is 15.2 Å². The lowest BCUT2D eigenvalue weighted by molar-refractivity contribution is 0.217. The van der Waals surface area contributed by atoms with Gasteiger partial charge in [-0.15, -0.1) is 0 Å². The molecule has 2 aromatic rings. The van der Waals surface area contributed by atoms with E-state index in [1.807, 2.05) is 24.3 Å². The number of ether oxygens (including phenoxy) is 1. The highest BCUT2D eigenvalue weighted by molar-refractivity contribution is 5.59. The predicted octanol–water partition coefficient (Wildman–Crippen LogP) is 1.42. The van der Waals surface area contributed by atoms with Gasteiger partial charge in [0, 0.05) is 36.5 Å². The van der Waals surface area contributed by atoms with Gasteiger partial charge in [0.2, 0.25) is 0 Å². The van der Waals surface area contributed by atoms with Crippen LogP contribution >= 0.6 is 0 Å². The summed E-state index contributed by atoms with van der Waals surface area (Å²) in [5.41, 5.74) is 2.65. The number of aliphatic hydroxyl groups excluding tert-OH is 1. The van der Waals surface area contributed by atoms with Crippen molar-refractivity contribution in [1.82, 2.24) is 15.3 Å². The molecule has 1 saturated heterocycles. The topological polar surface area (TPSA) is 67.3 Å². The molecule has 1 aliphatic heterocycles. The van der Waals surface area contributed by atoms with E-state index < -0.39 is 0 Å². The third-order valence-electron chi connectivity index (χ3n) is 3.56. The van der Waals surface area contributed by atoms with Crippen molar-refractivity contribution in [3.8, 4) is 17.0 Å². The summed E-state index contributed by atoms with van der Waals surface area (Å²) in [6, 6.07) is 8.21. The quantitative estimate of drug-likeness (QED) is 0.840. The standard InChI is InChI=1S/C16H19N3O2/c20-7-5-13-2-1-3-16(19-13)12-8-15(10-17-9-12)21-11-14-4-6-18-14/h1-3,8-10,14,18,20H,4-7,11H2. The first-order chi connectivity index (χ1) is 10.3. The van der Waals surface area contributed by atoms with E-state index in [1.165, 1.54) is 0 Å². The fourth-order valence-corrected chi connectivity index (χ4v) is 2.22. The second kappa shape index (κ2) is 6.65. The maximum Gasteiger partial charge on any atom is 0.138 e. The van der Waals surface area contributed by atoms with Crippen molar-refractivity contribution in [2.75, 3.05) is 19.8 Å². The Balaban J connectivity index is 1.73. The summed E-state index contributed by atoms with van der Waals surface area (Å²) in [7, 11) is 0. The fourth-order valence-electron chi connectivity index (χ4n) is 2.22. The summed E-state index contributed by atoms with van der Waals surface area (Å²) in [5, 5.41) is 12.3. The molecule has 5 nitrogen and oxygen atoms in total. The second-order valence-electron chi connectivity index (χ2n) is 5.15. The van der Waals surface area contributed by atoms with Crippen molar-refractivity contribution < 1.29 is 9.84 Å². The van der Waals surface area contributed by atoms with Gasteiger partial charge in [-0.1, -0.05) is 6.07 Å². The molecular weight excluding hydrogens is 266 g/mol. The SMILES string of the molecule is OCCc1cccc(-c2cncc(OCC3CCN3)c2)n1. The van der Waals surface area contributed by atoms with Gasteiger partial charge in [-0.25, -0.2) is 0 Å². The van der Waals surface area contributed by atoms with Gasteiger partial charge in [0.1, 0.15) is 12.4 Å². The number of nitrogens with zero attached hydrogens (tertiary/aromatic N) is 2. The Morgan fingerprint density at radius 1 is 1.33 bits per heavy atom. The van der Waals surface area contributed by atoms with Crippen LogP contribution in [0.3, 0.4) is 0 Å². The summed E-state index contributed by atoms with van der Waals surface area (Å²) in [6.07, 6.45) is 5.22. The van der Waals surface area contributed by atoms with E-state index >= 15 is 0 Å². The minimum absolute atomic E-state index is 0.103. The van der Waals surface area contributed by atoms with Gasteiger partial charge in [0.25, 0.3) is 0 Å². The van der Waals surface area contributed by atoms with Crippen LogP contribution in [0.25, 0.3) is 11.3 Å². The maximum atomic E-state index is 9.00. The van der Waals surface area contributed by atoms with E-state index in [4.69, 9.17) is 9.84 Å². The lowest BCUT2D eigenvalue weighted by Gasteiger charge is -2.27. The van der Waals surface area contributed by atoms with Crippen LogP contribution in [0.4, 0.5) is 0 Å². The third kappa shape index (κ3) is 3.56. The molecule has 1 unspecified atom stereocenters. The molecule has 3 rings (SSSR count). The van der Waals surface area contributed by atoms with E-state index in [9.17, 15) is 0 Å². The summed E-state index contributed by atoms with van der Waals surface area (Å²) in [6.45, 7) is 1.85. The molecule has 1 aliphatic rings. The molecule has 0 aromatic carbocycles. The molecule has 0 amide bonds. The van der Waals surface area contributed by atoms with E-state index in [1.54, 1.807) is 12.4 Å². The van der Waals surface area contributed by atoms with Crippen molar-refractivity contribution in [3.63, 3.8) is 0 Å². The first-order valence-electron chi connectivity index (χ1n) is 7.23. The summed E-state index contributed by atoms with van der Waals surface area (Å²) in [5.74, 6) is 0.760. The largest absolute Gasteiger partial charge is 0.490 e. The van der Waals surface area contributed by atoms with Gasteiger partial charge in [0.15, 0.2) is 0 Å². The van der Waals surface area contributed by atoms with Crippen molar-refractivity contribution in [2.24, 2.45) is 0 Å². The Hall–Kier alpha value is -1.98. The zero-order valence-corrected chi connectivity index (χ0v) is 11.8. The highest BCUT2D eigenvalue weighted by atomic mass is 16.5. The first-order valence-corrected chi connectivity index (χ1v) is 7.23. The van der Waals surface area contributed by atoms with E-state index in [2.05, 4.69) is 15.3 Å². The fraction of sp³-hybridized carbons (Fsp3) is 0.375. The highest BCUT2D eigenvalue weighted by Gasteiger charge is 2.16. The Morgan fingerprint density at radius 2 is 2.24 bits per heavy atom. The number of rotatable bonds is 6. The van der Waals surface area contributed by atoms with Crippen LogP contribution in [-0.4, -0.2) is 40.9 Å². The van der Waals surface area contributed by atoms with Crippen LogP contribution in [0.1, 0.15) is 12.1 Å². The monoisotopic (exact) mass is 285 g/mol. The number of pyridine rings is 2. The summed E-state index contributed by atoms with van der Waals surface area (Å²) >= 11 is 0. The maximum absolute atomic E-state index is 9.00. The Morgan fingerprint density at radius 3 is 3.00 bits per heavy atom. The molecular formula is C16H19N3O2. The van der Waals surface area contributed by atoms with Gasteiger partial charge in [0.05, 0.1) is 11.9 Å². The average molecular weight is 285 g/mol. The molecule has 1 atom stereocenters. The lowest BCUT2D eigenvalue weighted by atomic mass is 10.1. The number of aliphatic hydroxyl groups is 1.